The molecule has 0 aliphatic carbocycles. The van der Waals surface area contributed by atoms with Gasteiger partial charge >= 0.3 is 0 Å². The SMILES string of the molecule is CC[CH]n1c(NC)nc2c(N)nc(NC)c(NC)c21. The van der Waals surface area contributed by atoms with Gasteiger partial charge in [-0.15, -0.1) is 0 Å². The Morgan fingerprint density at radius 1 is 1.16 bits per heavy atom. The predicted octanol–water partition coefficient (Wildman–Crippen LogP) is 1.56. The Balaban J connectivity index is 2.85. The van der Waals surface area contributed by atoms with Crippen molar-refractivity contribution in [3.63, 3.8) is 0 Å². The van der Waals surface area contributed by atoms with Crippen molar-refractivity contribution in [2.75, 3.05) is 42.8 Å². The quantitative estimate of drug-likeness (QED) is 0.653. The van der Waals surface area contributed by atoms with Gasteiger partial charge in [0.05, 0.1) is 6.54 Å². The number of nitrogens with two attached hydrogens (primary N) is 1. The van der Waals surface area contributed by atoms with E-state index in [4.69, 9.17) is 5.73 Å². The van der Waals surface area contributed by atoms with E-state index in [1.54, 1.807) is 0 Å². The number of hydrogen-bond acceptors (Lipinski definition) is 6. The summed E-state index contributed by atoms with van der Waals surface area (Å²) >= 11 is 0. The van der Waals surface area contributed by atoms with E-state index in [-0.39, 0.29) is 0 Å². The number of imidazole rings is 1. The zero-order chi connectivity index (χ0) is 14.0. The molecular formula is C12H20N7. The summed E-state index contributed by atoms with van der Waals surface area (Å²) in [5, 5.41) is 9.29. The molecule has 5 N–H and O–H groups in total. The number of nitrogens with one attached hydrogen (secondary N) is 3. The first kappa shape index (κ1) is 13.3. The first-order valence-corrected chi connectivity index (χ1v) is 6.25. The van der Waals surface area contributed by atoms with Gasteiger partial charge < -0.3 is 26.3 Å². The Kier molecular flexibility index (Phi) is 3.64. The first-order chi connectivity index (χ1) is 9.17. The Morgan fingerprint density at radius 3 is 2.42 bits per heavy atom. The lowest BCUT2D eigenvalue weighted by molar-refractivity contribution is 0.902. The summed E-state index contributed by atoms with van der Waals surface area (Å²) in [7, 11) is 5.51. The Labute approximate surface area is 112 Å². The van der Waals surface area contributed by atoms with Crippen molar-refractivity contribution in [3.8, 4) is 0 Å². The maximum atomic E-state index is 5.99. The molecule has 7 heteroatoms. The Hall–Kier alpha value is -2.18. The van der Waals surface area contributed by atoms with Crippen LogP contribution in [0.3, 0.4) is 0 Å². The van der Waals surface area contributed by atoms with Crippen molar-refractivity contribution in [3.05, 3.63) is 6.54 Å². The predicted molar refractivity (Wildman–Crippen MR) is 80.6 cm³/mol. The van der Waals surface area contributed by atoms with Crippen LogP contribution >= 0.6 is 0 Å². The normalized spacial score (nSPS) is 10.7. The molecule has 2 aromatic rings. The highest BCUT2D eigenvalue weighted by Gasteiger charge is 2.19. The second kappa shape index (κ2) is 5.21. The van der Waals surface area contributed by atoms with Crippen LogP contribution in [0.2, 0.25) is 0 Å². The summed E-state index contributed by atoms with van der Waals surface area (Å²) in [6.45, 7) is 4.13. The highest BCUT2D eigenvalue weighted by atomic mass is 15.2. The maximum absolute atomic E-state index is 5.99. The van der Waals surface area contributed by atoms with Crippen molar-refractivity contribution >= 4 is 34.3 Å². The third-order valence-electron chi connectivity index (χ3n) is 2.94. The molecule has 2 heterocycles. The first-order valence-electron chi connectivity index (χ1n) is 6.25. The minimum absolute atomic E-state index is 0.415. The topological polar surface area (TPSA) is 92.8 Å². The number of hydrogen-bond donors (Lipinski definition) is 4. The molecule has 2 aromatic heterocycles. The van der Waals surface area contributed by atoms with E-state index in [1.165, 1.54) is 0 Å². The molecule has 0 aromatic carbocycles. The summed E-state index contributed by atoms with van der Waals surface area (Å²) in [6, 6.07) is 0. The fraction of sp³-hybridized carbons (Fsp3) is 0.417. The number of nitrogen functional groups attached to an aromatic ring is 1. The molecule has 103 valence electrons. The van der Waals surface area contributed by atoms with E-state index in [9.17, 15) is 0 Å². The van der Waals surface area contributed by atoms with Crippen LogP contribution in [0.25, 0.3) is 11.0 Å². The van der Waals surface area contributed by atoms with Gasteiger partial charge in [0.15, 0.2) is 11.6 Å². The van der Waals surface area contributed by atoms with Gasteiger partial charge in [-0.3, -0.25) is 0 Å². The number of nitrogens with zero attached hydrogens (tertiary/aromatic N) is 3. The number of pyridine rings is 1. The van der Waals surface area contributed by atoms with Gasteiger partial charge in [0.2, 0.25) is 5.95 Å². The number of fused-ring (bicyclic) bond motifs is 1. The van der Waals surface area contributed by atoms with Crippen molar-refractivity contribution in [2.24, 2.45) is 0 Å². The highest BCUT2D eigenvalue weighted by Crippen LogP contribution is 2.35. The van der Waals surface area contributed by atoms with Gasteiger partial charge in [-0.05, 0) is 6.42 Å². The molecule has 0 amide bonds. The molecule has 0 unspecified atom stereocenters. The lowest BCUT2D eigenvalue weighted by Crippen LogP contribution is -2.06. The van der Waals surface area contributed by atoms with E-state index >= 15 is 0 Å². The van der Waals surface area contributed by atoms with Gasteiger partial charge in [0.25, 0.3) is 0 Å². The van der Waals surface area contributed by atoms with Crippen LogP contribution < -0.4 is 21.7 Å². The molecule has 0 atom stereocenters. The fourth-order valence-corrected chi connectivity index (χ4v) is 2.15. The van der Waals surface area contributed by atoms with Crippen molar-refractivity contribution in [1.29, 1.82) is 0 Å². The van der Waals surface area contributed by atoms with Gasteiger partial charge in [-0.25, -0.2) is 9.97 Å². The van der Waals surface area contributed by atoms with Crippen LogP contribution in [0.4, 0.5) is 23.3 Å². The molecular weight excluding hydrogens is 242 g/mol. The third-order valence-corrected chi connectivity index (χ3v) is 2.94. The van der Waals surface area contributed by atoms with Gasteiger partial charge in [-0.1, -0.05) is 6.92 Å². The van der Waals surface area contributed by atoms with Crippen LogP contribution in [0, 0.1) is 6.54 Å². The number of anilines is 4. The molecule has 2 rings (SSSR count). The minimum atomic E-state index is 0.415. The average molecular weight is 262 g/mol. The van der Waals surface area contributed by atoms with E-state index in [0.717, 1.165) is 23.6 Å². The Bertz CT molecular complexity index is 588. The molecule has 0 bridgehead atoms. The average Bonchev–Trinajstić information content (AvgIpc) is 2.78. The van der Waals surface area contributed by atoms with E-state index < -0.39 is 0 Å². The lowest BCUT2D eigenvalue weighted by Gasteiger charge is -2.13. The van der Waals surface area contributed by atoms with Crippen LogP contribution in [0.15, 0.2) is 0 Å². The van der Waals surface area contributed by atoms with Crippen LogP contribution in [-0.4, -0.2) is 35.7 Å². The molecule has 0 saturated heterocycles. The monoisotopic (exact) mass is 262 g/mol. The second-order valence-corrected chi connectivity index (χ2v) is 4.06. The summed E-state index contributed by atoms with van der Waals surface area (Å²) in [6.07, 6.45) is 0.889. The third kappa shape index (κ3) is 2.00. The fourth-order valence-electron chi connectivity index (χ4n) is 2.15. The summed E-state index contributed by atoms with van der Waals surface area (Å²) < 4.78 is 2.00. The van der Waals surface area contributed by atoms with Gasteiger partial charge in [0.1, 0.15) is 16.7 Å². The lowest BCUT2D eigenvalue weighted by atomic mass is 10.3. The highest BCUT2D eigenvalue weighted by molar-refractivity contribution is 6.01. The number of aromatic nitrogens is 3. The smallest absolute Gasteiger partial charge is 0.204 e. The van der Waals surface area contributed by atoms with Crippen molar-refractivity contribution in [2.45, 2.75) is 13.3 Å². The van der Waals surface area contributed by atoms with Gasteiger partial charge in [-0.2, -0.15) is 0 Å². The second-order valence-electron chi connectivity index (χ2n) is 4.06. The number of rotatable bonds is 5. The van der Waals surface area contributed by atoms with Gasteiger partial charge in [0, 0.05) is 21.1 Å². The molecule has 0 spiro atoms. The molecule has 0 aliphatic rings. The summed E-state index contributed by atoms with van der Waals surface area (Å²) in [5.74, 6) is 1.87. The van der Waals surface area contributed by atoms with E-state index in [0.29, 0.717) is 17.2 Å². The molecule has 7 nitrogen and oxygen atoms in total. The van der Waals surface area contributed by atoms with Crippen LogP contribution in [0.1, 0.15) is 13.3 Å². The summed E-state index contributed by atoms with van der Waals surface area (Å²) in [4.78, 5) is 8.82. The molecule has 0 aliphatic heterocycles. The van der Waals surface area contributed by atoms with Crippen LogP contribution in [-0.2, 0) is 0 Å². The largest absolute Gasteiger partial charge is 0.383 e. The molecule has 0 fully saturated rings. The zero-order valence-corrected chi connectivity index (χ0v) is 11.7. The molecule has 0 saturated carbocycles. The Morgan fingerprint density at radius 2 is 1.89 bits per heavy atom. The maximum Gasteiger partial charge on any atom is 0.204 e. The van der Waals surface area contributed by atoms with E-state index in [1.807, 2.05) is 25.7 Å². The van der Waals surface area contributed by atoms with Crippen molar-refractivity contribution < 1.29 is 0 Å². The molecule has 1 radical (unpaired) electrons. The van der Waals surface area contributed by atoms with E-state index in [2.05, 4.69) is 39.4 Å². The van der Waals surface area contributed by atoms with Crippen molar-refractivity contribution in [1.82, 2.24) is 14.5 Å². The minimum Gasteiger partial charge on any atom is -0.383 e. The standard InChI is InChI=1S/C12H20N7/c1-5-6-19-9-7(17-12(19)16-4)10(13)18-11(15-3)8(9)14-2/h6,14H,5H2,1-4H3,(H,16,17)(H3,13,15,18). The zero-order valence-electron chi connectivity index (χ0n) is 11.7. The summed E-state index contributed by atoms with van der Waals surface area (Å²) in [5.41, 5.74) is 8.49. The van der Waals surface area contributed by atoms with Crippen LogP contribution in [0.5, 0.6) is 0 Å². The molecule has 19 heavy (non-hydrogen) atoms.